The van der Waals surface area contributed by atoms with Gasteiger partial charge in [-0.15, -0.1) is 11.3 Å². The van der Waals surface area contributed by atoms with E-state index in [1.807, 2.05) is 6.07 Å². The van der Waals surface area contributed by atoms with Gasteiger partial charge in [0.15, 0.2) is 0 Å². The molecule has 18 heavy (non-hydrogen) atoms. The summed E-state index contributed by atoms with van der Waals surface area (Å²) >= 11 is 10.6. The number of rotatable bonds is 1. The third kappa shape index (κ3) is 2.02. The second-order valence-electron chi connectivity index (χ2n) is 3.61. The zero-order chi connectivity index (χ0) is 12.7. The summed E-state index contributed by atoms with van der Waals surface area (Å²) in [5.41, 5.74) is 1.27. The smallest absolute Gasteiger partial charge is 0.150 e. The first kappa shape index (κ1) is 12.0. The van der Waals surface area contributed by atoms with Crippen LogP contribution >= 0.6 is 38.9 Å². The van der Waals surface area contributed by atoms with E-state index in [-0.39, 0.29) is 5.82 Å². The van der Waals surface area contributed by atoms with E-state index >= 15 is 0 Å². The van der Waals surface area contributed by atoms with Gasteiger partial charge in [0.1, 0.15) is 17.3 Å². The van der Waals surface area contributed by atoms with E-state index in [1.165, 1.54) is 23.7 Å². The number of thiophene rings is 1. The summed E-state index contributed by atoms with van der Waals surface area (Å²) in [6.45, 7) is 0. The van der Waals surface area contributed by atoms with Crippen molar-refractivity contribution < 1.29 is 4.39 Å². The van der Waals surface area contributed by atoms with Crippen LogP contribution in [-0.2, 0) is 0 Å². The monoisotopic (exact) mass is 342 g/mol. The fourth-order valence-electron chi connectivity index (χ4n) is 1.65. The summed E-state index contributed by atoms with van der Waals surface area (Å²) in [7, 11) is 0. The summed E-state index contributed by atoms with van der Waals surface area (Å²) in [4.78, 5) is 8.82. The highest BCUT2D eigenvalue weighted by atomic mass is 79.9. The molecule has 2 aromatic heterocycles. The van der Waals surface area contributed by atoms with Crippen LogP contribution in [0.3, 0.4) is 0 Å². The minimum absolute atomic E-state index is 0.278. The summed E-state index contributed by atoms with van der Waals surface area (Å²) in [6, 6.07) is 6.79. The number of benzene rings is 1. The maximum Gasteiger partial charge on any atom is 0.150 e. The molecule has 0 amide bonds. The highest BCUT2D eigenvalue weighted by Gasteiger charge is 2.12. The van der Waals surface area contributed by atoms with Crippen LogP contribution in [0.4, 0.5) is 4.39 Å². The van der Waals surface area contributed by atoms with Gasteiger partial charge < -0.3 is 0 Å². The molecule has 1 aromatic carbocycles. The molecule has 2 heterocycles. The molecule has 0 fully saturated rings. The summed E-state index contributed by atoms with van der Waals surface area (Å²) in [5.74, 6) is -0.278. The number of fused-ring (bicyclic) bond motifs is 1. The Morgan fingerprint density at radius 3 is 2.78 bits per heavy atom. The van der Waals surface area contributed by atoms with Crippen LogP contribution in [0.15, 0.2) is 35.1 Å². The lowest BCUT2D eigenvalue weighted by atomic mass is 10.2. The Morgan fingerprint density at radius 2 is 2.06 bits per heavy atom. The highest BCUT2D eigenvalue weighted by molar-refractivity contribution is 9.10. The lowest BCUT2D eigenvalue weighted by molar-refractivity contribution is 0.631. The van der Waals surface area contributed by atoms with Crippen molar-refractivity contribution in [3.05, 3.63) is 46.0 Å². The van der Waals surface area contributed by atoms with Crippen molar-refractivity contribution in [1.29, 1.82) is 0 Å². The van der Waals surface area contributed by atoms with Gasteiger partial charge in [0.25, 0.3) is 0 Å². The minimum Gasteiger partial charge on any atom is -0.235 e. The summed E-state index contributed by atoms with van der Waals surface area (Å²) < 4.78 is 15.4. The van der Waals surface area contributed by atoms with Crippen molar-refractivity contribution in [2.24, 2.45) is 0 Å². The number of hydrogen-bond donors (Lipinski definition) is 0. The maximum atomic E-state index is 13.9. The van der Waals surface area contributed by atoms with Crippen LogP contribution in [-0.4, -0.2) is 9.97 Å². The van der Waals surface area contributed by atoms with E-state index in [2.05, 4.69) is 25.9 Å². The summed E-state index contributed by atoms with van der Waals surface area (Å²) in [5, 5.41) is 0.397. The lowest BCUT2D eigenvalue weighted by Gasteiger charge is -1.99. The molecule has 0 saturated heterocycles. The van der Waals surface area contributed by atoms with Crippen molar-refractivity contribution >= 4 is 49.1 Å². The SMILES string of the molecule is Fc1cc(Br)ccc1-c1cc2ncnc(Cl)c2s1. The van der Waals surface area contributed by atoms with Gasteiger partial charge in [0, 0.05) is 14.9 Å². The molecule has 2 nitrogen and oxygen atoms in total. The van der Waals surface area contributed by atoms with Crippen molar-refractivity contribution in [2.45, 2.75) is 0 Å². The average Bonchev–Trinajstić information content (AvgIpc) is 2.74. The normalized spacial score (nSPS) is 11.1. The first-order valence-corrected chi connectivity index (χ1v) is 6.99. The van der Waals surface area contributed by atoms with Crippen LogP contribution in [0.2, 0.25) is 5.15 Å². The van der Waals surface area contributed by atoms with Crippen LogP contribution in [0.5, 0.6) is 0 Å². The average molecular weight is 344 g/mol. The van der Waals surface area contributed by atoms with E-state index in [1.54, 1.807) is 12.1 Å². The van der Waals surface area contributed by atoms with E-state index < -0.39 is 0 Å². The first-order valence-electron chi connectivity index (χ1n) is 5.00. The zero-order valence-corrected chi connectivity index (χ0v) is 12.0. The molecule has 0 spiro atoms. The van der Waals surface area contributed by atoms with Gasteiger partial charge in [-0.3, -0.25) is 0 Å². The Labute approximate surface area is 120 Å². The molecule has 0 aliphatic heterocycles. The highest BCUT2D eigenvalue weighted by Crippen LogP contribution is 2.36. The van der Waals surface area contributed by atoms with Crippen molar-refractivity contribution in [3.63, 3.8) is 0 Å². The second kappa shape index (κ2) is 4.57. The molecular formula is C12H5BrClFN2S. The molecule has 0 bridgehead atoms. The minimum atomic E-state index is -0.278. The predicted molar refractivity (Wildman–Crippen MR) is 75.5 cm³/mol. The Bertz CT molecular complexity index is 744. The van der Waals surface area contributed by atoms with E-state index in [9.17, 15) is 4.39 Å². The number of hydrogen-bond acceptors (Lipinski definition) is 3. The molecule has 0 aliphatic carbocycles. The van der Waals surface area contributed by atoms with Crippen molar-refractivity contribution in [2.75, 3.05) is 0 Å². The third-order valence-electron chi connectivity index (χ3n) is 2.46. The lowest BCUT2D eigenvalue weighted by Crippen LogP contribution is -1.80. The fraction of sp³-hybridized carbons (Fsp3) is 0. The largest absolute Gasteiger partial charge is 0.235 e. The first-order chi connectivity index (χ1) is 8.65. The third-order valence-corrected chi connectivity index (χ3v) is 4.52. The number of nitrogens with zero attached hydrogens (tertiary/aromatic N) is 2. The van der Waals surface area contributed by atoms with Gasteiger partial charge in [-0.25, -0.2) is 14.4 Å². The van der Waals surface area contributed by atoms with Crippen LogP contribution in [0, 0.1) is 5.82 Å². The van der Waals surface area contributed by atoms with Gasteiger partial charge in [-0.2, -0.15) is 0 Å². The molecular weight excluding hydrogens is 339 g/mol. The maximum absolute atomic E-state index is 13.9. The van der Waals surface area contributed by atoms with E-state index in [4.69, 9.17) is 11.6 Å². The van der Waals surface area contributed by atoms with Crippen LogP contribution < -0.4 is 0 Å². The molecule has 0 saturated carbocycles. The molecule has 0 radical (unpaired) electrons. The van der Waals surface area contributed by atoms with Crippen LogP contribution in [0.25, 0.3) is 20.7 Å². The van der Waals surface area contributed by atoms with Gasteiger partial charge in [0.2, 0.25) is 0 Å². The summed E-state index contributed by atoms with van der Waals surface area (Å²) in [6.07, 6.45) is 1.40. The number of aromatic nitrogens is 2. The topological polar surface area (TPSA) is 25.8 Å². The van der Waals surface area contributed by atoms with E-state index in [0.29, 0.717) is 15.2 Å². The predicted octanol–water partition coefficient (Wildman–Crippen LogP) is 4.91. The Balaban J connectivity index is 2.23. The van der Waals surface area contributed by atoms with Crippen molar-refractivity contribution in [1.82, 2.24) is 9.97 Å². The Kier molecular flexibility index (Phi) is 3.05. The second-order valence-corrected chi connectivity index (χ2v) is 5.94. The number of halogens is 3. The van der Waals surface area contributed by atoms with Gasteiger partial charge in [-0.1, -0.05) is 27.5 Å². The molecule has 3 aromatic rings. The van der Waals surface area contributed by atoms with Crippen molar-refractivity contribution in [3.8, 4) is 10.4 Å². The quantitative estimate of drug-likeness (QED) is 0.587. The van der Waals surface area contributed by atoms with Gasteiger partial charge in [0.05, 0.1) is 10.2 Å². The molecule has 90 valence electrons. The molecule has 0 aliphatic rings. The van der Waals surface area contributed by atoms with Gasteiger partial charge in [-0.05, 0) is 24.3 Å². The van der Waals surface area contributed by atoms with Gasteiger partial charge >= 0.3 is 0 Å². The standard InChI is InChI=1S/C12H5BrClFN2S/c13-6-1-2-7(8(15)3-6)10-4-9-11(18-10)12(14)17-5-16-9/h1-5H. The molecule has 0 atom stereocenters. The van der Waals surface area contributed by atoms with Crippen LogP contribution in [0.1, 0.15) is 0 Å². The Hall–Kier alpha value is -1.04. The fourth-order valence-corrected chi connectivity index (χ4v) is 3.26. The molecule has 6 heteroatoms. The molecule has 3 rings (SSSR count). The molecule has 0 unspecified atom stereocenters. The van der Waals surface area contributed by atoms with E-state index in [0.717, 1.165) is 15.1 Å². The Morgan fingerprint density at radius 1 is 1.22 bits per heavy atom. The zero-order valence-electron chi connectivity index (χ0n) is 8.82. The molecule has 0 N–H and O–H groups in total.